The number of morpholine rings is 1. The number of sulfonamides is 1. The lowest BCUT2D eigenvalue weighted by molar-refractivity contribution is -0.160. The molecule has 0 aromatic carbocycles. The molecule has 0 saturated carbocycles. The fourth-order valence-electron chi connectivity index (χ4n) is 3.30. The first-order chi connectivity index (χ1) is 12.4. The number of hydrogen-bond acceptors (Lipinski definition) is 6. The second kappa shape index (κ2) is 7.68. The highest BCUT2D eigenvalue weighted by Crippen LogP contribution is 2.26. The van der Waals surface area contributed by atoms with Crippen LogP contribution in [0.15, 0.2) is 29.4 Å². The number of ether oxygens (including phenoxy) is 1. The molecule has 10 heteroatoms. The van der Waals surface area contributed by atoms with Gasteiger partial charge in [-0.25, -0.2) is 13.2 Å². The van der Waals surface area contributed by atoms with Crippen LogP contribution in [0.5, 0.6) is 0 Å². The zero-order valence-electron chi connectivity index (χ0n) is 14.2. The second-order valence-corrected chi connectivity index (χ2v) is 8.27. The molecule has 2 aliphatic heterocycles. The van der Waals surface area contributed by atoms with Crippen molar-refractivity contribution < 1.29 is 27.9 Å². The van der Waals surface area contributed by atoms with Gasteiger partial charge in [0.05, 0.1) is 13.2 Å². The number of aromatic nitrogens is 1. The molecule has 26 heavy (non-hydrogen) atoms. The molecule has 3 rings (SSSR count). The maximum absolute atomic E-state index is 12.7. The highest BCUT2D eigenvalue weighted by molar-refractivity contribution is 7.89. The van der Waals surface area contributed by atoms with Crippen LogP contribution in [0, 0.1) is 5.92 Å². The zero-order chi connectivity index (χ0) is 18.7. The average Bonchev–Trinajstić information content (AvgIpc) is 2.68. The van der Waals surface area contributed by atoms with Gasteiger partial charge in [0.15, 0.2) is 6.04 Å². The third kappa shape index (κ3) is 3.71. The van der Waals surface area contributed by atoms with E-state index in [4.69, 9.17) is 4.74 Å². The monoisotopic (exact) mass is 383 g/mol. The van der Waals surface area contributed by atoms with E-state index in [1.165, 1.54) is 27.7 Å². The number of carboxylic acid groups (broad SMARTS) is 1. The van der Waals surface area contributed by atoms with Crippen LogP contribution in [-0.4, -0.2) is 78.5 Å². The molecule has 1 aromatic rings. The fraction of sp³-hybridized carbons (Fsp3) is 0.562. The van der Waals surface area contributed by atoms with Crippen molar-refractivity contribution in [1.29, 1.82) is 0 Å². The summed E-state index contributed by atoms with van der Waals surface area (Å²) in [6.45, 7) is 0.967. The highest BCUT2D eigenvalue weighted by atomic mass is 32.2. The summed E-state index contributed by atoms with van der Waals surface area (Å²) in [6, 6.07) is 2.08. The van der Waals surface area contributed by atoms with Crippen molar-refractivity contribution in [2.75, 3.05) is 32.8 Å². The van der Waals surface area contributed by atoms with Crippen LogP contribution >= 0.6 is 0 Å². The molecule has 1 N–H and O–H groups in total. The number of hydrogen-bond donors (Lipinski definition) is 1. The van der Waals surface area contributed by atoms with Crippen LogP contribution in [-0.2, 0) is 24.3 Å². The number of amides is 1. The van der Waals surface area contributed by atoms with Gasteiger partial charge in [0.2, 0.25) is 15.9 Å². The number of pyridine rings is 1. The molecular formula is C16H21N3O6S. The van der Waals surface area contributed by atoms with Gasteiger partial charge in [0.1, 0.15) is 4.90 Å². The van der Waals surface area contributed by atoms with E-state index in [0.29, 0.717) is 19.4 Å². The van der Waals surface area contributed by atoms with Crippen LogP contribution in [0.1, 0.15) is 12.8 Å². The number of carbonyl (C=O) groups is 2. The Labute approximate surface area is 151 Å². The van der Waals surface area contributed by atoms with Gasteiger partial charge in [-0.15, -0.1) is 0 Å². The van der Waals surface area contributed by atoms with Gasteiger partial charge < -0.3 is 14.7 Å². The minimum absolute atomic E-state index is 0.0185. The first-order valence-electron chi connectivity index (χ1n) is 8.42. The normalized spacial score (nSPS) is 22.9. The van der Waals surface area contributed by atoms with E-state index >= 15 is 0 Å². The van der Waals surface area contributed by atoms with E-state index in [9.17, 15) is 23.1 Å². The predicted molar refractivity (Wildman–Crippen MR) is 89.7 cm³/mol. The summed E-state index contributed by atoms with van der Waals surface area (Å²) in [6.07, 6.45) is 3.53. The van der Waals surface area contributed by atoms with Crippen molar-refractivity contribution in [2.45, 2.75) is 23.8 Å². The molecule has 0 bridgehead atoms. The topological polar surface area (TPSA) is 117 Å². The molecular weight excluding hydrogens is 362 g/mol. The number of carboxylic acids is 1. The highest BCUT2D eigenvalue weighted by Gasteiger charge is 2.38. The Morgan fingerprint density at radius 3 is 2.58 bits per heavy atom. The van der Waals surface area contributed by atoms with Gasteiger partial charge in [-0.2, -0.15) is 4.31 Å². The van der Waals surface area contributed by atoms with Crippen LogP contribution in [0.4, 0.5) is 0 Å². The molecule has 2 aliphatic rings. The Bertz CT molecular complexity index is 761. The molecule has 0 spiro atoms. The van der Waals surface area contributed by atoms with Crippen molar-refractivity contribution >= 4 is 21.9 Å². The predicted octanol–water partition coefficient (Wildman–Crippen LogP) is -0.206. The van der Waals surface area contributed by atoms with E-state index in [-0.39, 0.29) is 43.0 Å². The maximum atomic E-state index is 12.7. The van der Waals surface area contributed by atoms with Crippen molar-refractivity contribution in [3.8, 4) is 0 Å². The Kier molecular flexibility index (Phi) is 5.54. The van der Waals surface area contributed by atoms with Crippen molar-refractivity contribution in [3.63, 3.8) is 0 Å². The molecule has 1 amide bonds. The molecule has 0 aliphatic carbocycles. The van der Waals surface area contributed by atoms with Gasteiger partial charge in [0.25, 0.3) is 0 Å². The van der Waals surface area contributed by atoms with Crippen LogP contribution in [0.3, 0.4) is 0 Å². The van der Waals surface area contributed by atoms with Crippen molar-refractivity contribution in [2.24, 2.45) is 5.92 Å². The molecule has 2 saturated heterocycles. The number of nitrogens with zero attached hydrogens (tertiary/aromatic N) is 3. The molecule has 2 fully saturated rings. The van der Waals surface area contributed by atoms with E-state index < -0.39 is 22.0 Å². The maximum Gasteiger partial charge on any atom is 0.328 e. The minimum Gasteiger partial charge on any atom is -0.480 e. The van der Waals surface area contributed by atoms with Gasteiger partial charge in [0, 0.05) is 37.9 Å². The molecule has 9 nitrogen and oxygen atoms in total. The summed E-state index contributed by atoms with van der Waals surface area (Å²) < 4.78 is 31.7. The Morgan fingerprint density at radius 1 is 1.23 bits per heavy atom. The third-order valence-corrected chi connectivity index (χ3v) is 6.65. The minimum atomic E-state index is -3.63. The molecule has 1 atom stereocenters. The first-order valence-corrected chi connectivity index (χ1v) is 9.86. The summed E-state index contributed by atoms with van der Waals surface area (Å²) in [5.74, 6) is -1.70. The fourth-order valence-corrected chi connectivity index (χ4v) is 4.73. The van der Waals surface area contributed by atoms with Gasteiger partial charge in [-0.05, 0) is 25.0 Å². The molecule has 142 valence electrons. The Hall–Kier alpha value is -2.04. The van der Waals surface area contributed by atoms with Crippen LogP contribution < -0.4 is 0 Å². The van der Waals surface area contributed by atoms with Crippen molar-refractivity contribution in [3.05, 3.63) is 24.5 Å². The number of piperidine rings is 1. The number of aliphatic carboxylic acids is 1. The number of rotatable bonds is 4. The van der Waals surface area contributed by atoms with Gasteiger partial charge in [-0.1, -0.05) is 0 Å². The molecule has 0 radical (unpaired) electrons. The van der Waals surface area contributed by atoms with E-state index in [2.05, 4.69) is 4.98 Å². The second-order valence-electron chi connectivity index (χ2n) is 6.33. The summed E-state index contributed by atoms with van der Waals surface area (Å²) in [4.78, 5) is 29.4. The van der Waals surface area contributed by atoms with Crippen LogP contribution in [0.2, 0.25) is 0 Å². The zero-order valence-corrected chi connectivity index (χ0v) is 15.0. The van der Waals surface area contributed by atoms with Crippen LogP contribution in [0.25, 0.3) is 0 Å². The summed E-state index contributed by atoms with van der Waals surface area (Å²) in [7, 11) is -3.63. The van der Waals surface area contributed by atoms with Crippen molar-refractivity contribution in [1.82, 2.24) is 14.2 Å². The first kappa shape index (κ1) is 18.7. The standard InChI is InChI=1S/C16H21N3O6S/c20-15(19-8-9-25-11-14(19)16(21)22)12-3-6-18(7-4-12)26(23,24)13-2-1-5-17-10-13/h1-2,5,10,12,14H,3-4,6-9,11H2,(H,21,22). The smallest absolute Gasteiger partial charge is 0.328 e. The number of carbonyl (C=O) groups excluding carboxylic acids is 1. The van der Waals surface area contributed by atoms with Gasteiger partial charge >= 0.3 is 5.97 Å². The van der Waals surface area contributed by atoms with E-state index in [0.717, 1.165) is 0 Å². The summed E-state index contributed by atoms with van der Waals surface area (Å²) >= 11 is 0. The lowest BCUT2D eigenvalue weighted by Crippen LogP contribution is -2.55. The van der Waals surface area contributed by atoms with E-state index in [1.807, 2.05) is 0 Å². The van der Waals surface area contributed by atoms with E-state index in [1.54, 1.807) is 6.07 Å². The quantitative estimate of drug-likeness (QED) is 0.765. The molecule has 1 aromatic heterocycles. The lowest BCUT2D eigenvalue weighted by Gasteiger charge is -2.37. The molecule has 1 unspecified atom stereocenters. The molecule has 3 heterocycles. The largest absolute Gasteiger partial charge is 0.480 e. The van der Waals surface area contributed by atoms with Gasteiger partial charge in [-0.3, -0.25) is 9.78 Å². The average molecular weight is 383 g/mol. The third-order valence-electron chi connectivity index (χ3n) is 4.77. The Balaban J connectivity index is 1.65. The SMILES string of the molecule is O=C(O)C1COCCN1C(=O)C1CCN(S(=O)(=O)c2cccnc2)CC1. The summed E-state index contributed by atoms with van der Waals surface area (Å²) in [5.41, 5.74) is 0. The Morgan fingerprint density at radius 2 is 1.96 bits per heavy atom. The lowest BCUT2D eigenvalue weighted by atomic mass is 9.95. The summed E-state index contributed by atoms with van der Waals surface area (Å²) in [5, 5.41) is 9.26.